The van der Waals surface area contributed by atoms with E-state index in [1.165, 1.54) is 21.5 Å². The van der Waals surface area contributed by atoms with Gasteiger partial charge >= 0.3 is 0 Å². The van der Waals surface area contributed by atoms with Crippen LogP contribution in [0.15, 0.2) is 15.9 Å². The van der Waals surface area contributed by atoms with Gasteiger partial charge in [-0.05, 0) is 40.9 Å². The van der Waals surface area contributed by atoms with Gasteiger partial charge in [0.1, 0.15) is 0 Å². The Morgan fingerprint density at radius 1 is 1.40 bits per heavy atom. The third kappa shape index (κ3) is 2.72. The Kier molecular flexibility index (Phi) is 3.96. The number of hydrogen-bond donors (Lipinski definition) is 0. The molecule has 0 nitrogen and oxygen atoms in total. The molecule has 1 heterocycles. The minimum Gasteiger partial charge on any atom is -0.133 e. The van der Waals surface area contributed by atoms with E-state index in [4.69, 9.17) is 0 Å². The van der Waals surface area contributed by atoms with Gasteiger partial charge in [0.2, 0.25) is 0 Å². The Labute approximate surface area is 81.9 Å². The second-order valence-corrected chi connectivity index (χ2v) is 5.34. The Morgan fingerprint density at radius 3 is 2.70 bits per heavy atom. The maximum absolute atomic E-state index is 3.43. The SMILES string of the molecule is BrCCCc1ccc(Br)s1. The van der Waals surface area contributed by atoms with Gasteiger partial charge in [-0.1, -0.05) is 15.9 Å². The summed E-state index contributed by atoms with van der Waals surface area (Å²) >= 11 is 8.66. The number of thiophene rings is 1. The number of aryl methyl sites for hydroxylation is 1. The predicted molar refractivity (Wildman–Crippen MR) is 54.1 cm³/mol. The molecule has 0 saturated carbocycles. The van der Waals surface area contributed by atoms with Gasteiger partial charge in [-0.3, -0.25) is 0 Å². The molecule has 1 aromatic heterocycles. The van der Waals surface area contributed by atoms with Crippen LogP contribution in [-0.2, 0) is 6.42 Å². The van der Waals surface area contributed by atoms with Gasteiger partial charge in [0.25, 0.3) is 0 Å². The molecule has 0 aromatic carbocycles. The van der Waals surface area contributed by atoms with Crippen molar-refractivity contribution in [3.05, 3.63) is 20.8 Å². The number of alkyl halides is 1. The fourth-order valence-corrected chi connectivity index (χ4v) is 2.53. The second-order valence-electron chi connectivity index (χ2n) is 2.00. The molecule has 1 aromatic rings. The van der Waals surface area contributed by atoms with E-state index >= 15 is 0 Å². The summed E-state index contributed by atoms with van der Waals surface area (Å²) in [7, 11) is 0. The number of hydrogen-bond acceptors (Lipinski definition) is 1. The maximum atomic E-state index is 3.43. The lowest BCUT2D eigenvalue weighted by atomic mass is 10.3. The topological polar surface area (TPSA) is 0 Å². The van der Waals surface area contributed by atoms with Crippen LogP contribution in [0.5, 0.6) is 0 Å². The predicted octanol–water partition coefficient (Wildman–Crippen LogP) is 3.84. The first-order valence-electron chi connectivity index (χ1n) is 3.13. The van der Waals surface area contributed by atoms with E-state index in [0.29, 0.717) is 0 Å². The summed E-state index contributed by atoms with van der Waals surface area (Å²) in [5.74, 6) is 0. The molecule has 0 fully saturated rings. The van der Waals surface area contributed by atoms with Gasteiger partial charge in [0.15, 0.2) is 0 Å². The first kappa shape index (κ1) is 8.75. The van der Waals surface area contributed by atoms with Crippen LogP contribution >= 0.6 is 43.2 Å². The van der Waals surface area contributed by atoms with Crippen LogP contribution in [0.2, 0.25) is 0 Å². The van der Waals surface area contributed by atoms with Crippen molar-refractivity contribution in [3.8, 4) is 0 Å². The molecule has 10 heavy (non-hydrogen) atoms. The van der Waals surface area contributed by atoms with E-state index in [0.717, 1.165) is 5.33 Å². The lowest BCUT2D eigenvalue weighted by molar-refractivity contribution is 0.959. The highest BCUT2D eigenvalue weighted by Gasteiger charge is 1.95. The van der Waals surface area contributed by atoms with Crippen LogP contribution in [-0.4, -0.2) is 5.33 Å². The summed E-state index contributed by atoms with van der Waals surface area (Å²) in [5.41, 5.74) is 0. The van der Waals surface area contributed by atoms with Crippen molar-refractivity contribution in [2.75, 3.05) is 5.33 Å². The summed E-state index contributed by atoms with van der Waals surface area (Å²) in [6.45, 7) is 0. The lowest BCUT2D eigenvalue weighted by Gasteiger charge is -1.89. The van der Waals surface area contributed by atoms with Gasteiger partial charge in [0, 0.05) is 10.2 Å². The normalized spacial score (nSPS) is 10.2. The summed E-state index contributed by atoms with van der Waals surface area (Å²) in [6.07, 6.45) is 2.43. The molecular weight excluding hydrogens is 276 g/mol. The summed E-state index contributed by atoms with van der Waals surface area (Å²) in [4.78, 5) is 1.46. The molecule has 0 aliphatic carbocycles. The van der Waals surface area contributed by atoms with Crippen molar-refractivity contribution in [2.24, 2.45) is 0 Å². The van der Waals surface area contributed by atoms with Crippen LogP contribution < -0.4 is 0 Å². The van der Waals surface area contributed by atoms with E-state index in [2.05, 4.69) is 44.0 Å². The van der Waals surface area contributed by atoms with Gasteiger partial charge in [0.05, 0.1) is 3.79 Å². The first-order valence-corrected chi connectivity index (χ1v) is 5.86. The van der Waals surface area contributed by atoms with Crippen molar-refractivity contribution in [2.45, 2.75) is 12.8 Å². The first-order chi connectivity index (χ1) is 4.83. The highest BCUT2D eigenvalue weighted by Crippen LogP contribution is 2.23. The molecule has 0 unspecified atom stereocenters. The molecule has 0 radical (unpaired) electrons. The lowest BCUT2D eigenvalue weighted by Crippen LogP contribution is -1.78. The van der Waals surface area contributed by atoms with Crippen molar-refractivity contribution in [1.82, 2.24) is 0 Å². The van der Waals surface area contributed by atoms with Gasteiger partial charge in [-0.2, -0.15) is 0 Å². The molecule has 1 rings (SSSR count). The zero-order valence-corrected chi connectivity index (χ0v) is 9.43. The minimum atomic E-state index is 1.10. The molecule has 0 bridgehead atoms. The van der Waals surface area contributed by atoms with E-state index in [-0.39, 0.29) is 0 Å². The zero-order chi connectivity index (χ0) is 7.40. The van der Waals surface area contributed by atoms with Crippen LogP contribution in [0, 0.1) is 0 Å². The standard InChI is InChI=1S/C7H8Br2S/c8-5-1-2-6-3-4-7(9)10-6/h3-4H,1-2,5H2. The largest absolute Gasteiger partial charge is 0.133 e. The van der Waals surface area contributed by atoms with Crippen LogP contribution in [0.25, 0.3) is 0 Å². The molecule has 0 saturated heterocycles. The fourth-order valence-electron chi connectivity index (χ4n) is 0.727. The Hall–Kier alpha value is 0.660. The molecule has 0 spiro atoms. The second kappa shape index (κ2) is 4.52. The molecule has 0 aliphatic heterocycles. The minimum absolute atomic E-state index is 1.10. The number of rotatable bonds is 3. The molecule has 0 aliphatic rings. The van der Waals surface area contributed by atoms with Gasteiger partial charge in [-0.15, -0.1) is 11.3 Å². The Morgan fingerprint density at radius 2 is 2.20 bits per heavy atom. The van der Waals surface area contributed by atoms with Crippen LogP contribution in [0.1, 0.15) is 11.3 Å². The van der Waals surface area contributed by atoms with E-state index in [1.807, 2.05) is 11.3 Å². The van der Waals surface area contributed by atoms with Gasteiger partial charge < -0.3 is 0 Å². The van der Waals surface area contributed by atoms with Crippen molar-refractivity contribution < 1.29 is 0 Å². The summed E-state index contributed by atoms with van der Waals surface area (Å²) < 4.78 is 1.23. The summed E-state index contributed by atoms with van der Waals surface area (Å²) in [6, 6.07) is 4.28. The molecule has 0 N–H and O–H groups in total. The zero-order valence-electron chi connectivity index (χ0n) is 5.44. The van der Waals surface area contributed by atoms with Crippen molar-refractivity contribution in [3.63, 3.8) is 0 Å². The number of halogens is 2. The third-order valence-electron chi connectivity index (χ3n) is 1.19. The van der Waals surface area contributed by atoms with E-state index in [9.17, 15) is 0 Å². The third-order valence-corrected chi connectivity index (χ3v) is 3.43. The quantitative estimate of drug-likeness (QED) is 0.740. The molecule has 0 atom stereocenters. The molecule has 3 heteroatoms. The van der Waals surface area contributed by atoms with Crippen molar-refractivity contribution >= 4 is 43.2 Å². The smallest absolute Gasteiger partial charge is 0.0701 e. The van der Waals surface area contributed by atoms with E-state index < -0.39 is 0 Å². The summed E-state index contributed by atoms with van der Waals surface area (Å²) in [5, 5.41) is 1.10. The van der Waals surface area contributed by atoms with Gasteiger partial charge in [-0.25, -0.2) is 0 Å². The van der Waals surface area contributed by atoms with Crippen LogP contribution in [0.4, 0.5) is 0 Å². The molecule has 56 valence electrons. The average Bonchev–Trinajstić information content (AvgIpc) is 2.31. The Balaban J connectivity index is 2.42. The molecule has 0 amide bonds. The monoisotopic (exact) mass is 282 g/mol. The maximum Gasteiger partial charge on any atom is 0.0701 e. The van der Waals surface area contributed by atoms with Crippen LogP contribution in [0.3, 0.4) is 0 Å². The average molecular weight is 284 g/mol. The highest BCUT2D eigenvalue weighted by molar-refractivity contribution is 9.11. The van der Waals surface area contributed by atoms with E-state index in [1.54, 1.807) is 0 Å². The highest BCUT2D eigenvalue weighted by atomic mass is 79.9. The Bertz CT molecular complexity index is 195. The fraction of sp³-hybridized carbons (Fsp3) is 0.429. The molecular formula is C7H8Br2S. The van der Waals surface area contributed by atoms with Crippen molar-refractivity contribution in [1.29, 1.82) is 0 Å².